The van der Waals surface area contributed by atoms with E-state index < -0.39 is 23.8 Å². The van der Waals surface area contributed by atoms with Gasteiger partial charge in [0, 0.05) is 29.5 Å². The number of esters is 2. The minimum Gasteiger partial charge on any atom is -0.496 e. The highest BCUT2D eigenvalue weighted by Crippen LogP contribution is 2.40. The zero-order valence-corrected chi connectivity index (χ0v) is 19.0. The molecule has 0 N–H and O–H groups in total. The molecule has 2 aromatic carbocycles. The Kier molecular flexibility index (Phi) is 7.27. The van der Waals surface area contributed by atoms with Crippen molar-refractivity contribution in [3.05, 3.63) is 52.6 Å². The summed E-state index contributed by atoms with van der Waals surface area (Å²) in [6.07, 6.45) is 6.81. The summed E-state index contributed by atoms with van der Waals surface area (Å²) in [7, 11) is 4.00. The van der Waals surface area contributed by atoms with Crippen molar-refractivity contribution in [1.29, 1.82) is 0 Å². The lowest BCUT2D eigenvalue weighted by Crippen LogP contribution is -2.41. The van der Waals surface area contributed by atoms with Crippen molar-refractivity contribution in [2.45, 2.75) is 19.8 Å². The van der Waals surface area contributed by atoms with Gasteiger partial charge in [0.05, 0.1) is 32.5 Å². The van der Waals surface area contributed by atoms with Gasteiger partial charge >= 0.3 is 11.9 Å². The summed E-state index contributed by atoms with van der Waals surface area (Å²) in [5.74, 6) is -1.62. The van der Waals surface area contributed by atoms with Crippen LogP contribution >= 0.6 is 0 Å². The smallest absolute Gasteiger partial charge is 0.330 e. The number of imide groups is 1. The molecule has 0 radical (unpaired) electrons. The average molecular weight is 451 g/mol. The third kappa shape index (κ3) is 4.50. The van der Waals surface area contributed by atoms with Gasteiger partial charge in [0.15, 0.2) is 0 Å². The maximum Gasteiger partial charge on any atom is 0.330 e. The number of benzene rings is 2. The van der Waals surface area contributed by atoms with Gasteiger partial charge in [-0.1, -0.05) is 19.4 Å². The third-order valence-electron chi connectivity index (χ3n) is 5.40. The number of nitrogens with zero attached hydrogens (tertiary/aromatic N) is 1. The fraction of sp³-hybridized carbons (Fsp3) is 0.280. The Morgan fingerprint density at radius 2 is 1.48 bits per heavy atom. The number of unbranched alkanes of at least 4 members (excludes halogenated alkanes) is 1. The van der Waals surface area contributed by atoms with Gasteiger partial charge in [0.2, 0.25) is 0 Å². The molecular weight excluding hydrogens is 426 g/mol. The molecule has 2 aromatic rings. The van der Waals surface area contributed by atoms with Crippen LogP contribution in [0, 0.1) is 0 Å². The highest BCUT2D eigenvalue weighted by Gasteiger charge is 2.36. The number of ether oxygens (including phenoxy) is 3. The molecule has 0 aliphatic carbocycles. The predicted molar refractivity (Wildman–Crippen MR) is 123 cm³/mol. The van der Waals surface area contributed by atoms with E-state index in [1.54, 1.807) is 18.2 Å². The number of carbonyl (C=O) groups is 4. The van der Waals surface area contributed by atoms with Gasteiger partial charge in [-0.3, -0.25) is 14.5 Å². The second-order valence-corrected chi connectivity index (χ2v) is 7.32. The molecule has 8 nitrogen and oxygen atoms in total. The molecule has 0 spiro atoms. The minimum atomic E-state index is -0.585. The number of carbonyl (C=O) groups excluding carboxylic acids is 4. The summed E-state index contributed by atoms with van der Waals surface area (Å²) in [6, 6.07) is 5.07. The van der Waals surface area contributed by atoms with Crippen LogP contribution in [0.5, 0.6) is 5.75 Å². The summed E-state index contributed by atoms with van der Waals surface area (Å²) in [6.45, 7) is 2.21. The Balaban J connectivity index is 2.38. The fourth-order valence-corrected chi connectivity index (χ4v) is 3.75. The van der Waals surface area contributed by atoms with Crippen molar-refractivity contribution in [3.8, 4) is 5.75 Å². The van der Waals surface area contributed by atoms with E-state index in [0.717, 1.165) is 6.42 Å². The molecule has 0 bridgehead atoms. The first kappa shape index (κ1) is 23.7. The number of amides is 2. The van der Waals surface area contributed by atoms with E-state index in [-0.39, 0.29) is 17.7 Å². The number of rotatable bonds is 8. The Bertz CT molecular complexity index is 1170. The molecule has 0 aromatic heterocycles. The second kappa shape index (κ2) is 10.1. The van der Waals surface area contributed by atoms with Crippen LogP contribution in [-0.4, -0.2) is 56.5 Å². The molecule has 0 unspecified atom stereocenters. The first-order chi connectivity index (χ1) is 15.9. The van der Waals surface area contributed by atoms with E-state index >= 15 is 0 Å². The van der Waals surface area contributed by atoms with Crippen LogP contribution in [0.2, 0.25) is 0 Å². The molecule has 33 heavy (non-hydrogen) atoms. The third-order valence-corrected chi connectivity index (χ3v) is 5.40. The van der Waals surface area contributed by atoms with E-state index in [1.165, 1.54) is 50.5 Å². The van der Waals surface area contributed by atoms with E-state index in [4.69, 9.17) is 4.74 Å². The summed E-state index contributed by atoms with van der Waals surface area (Å²) >= 11 is 0. The van der Waals surface area contributed by atoms with Crippen LogP contribution in [0.15, 0.2) is 30.4 Å². The SMILES string of the molecule is CCCCN1C(=O)c2c(/C=C/C(=O)OC)ccc3c(OC)cc(/C=C/C(=O)OC)c(c23)C1=O. The predicted octanol–water partition coefficient (Wildman–Crippen LogP) is 3.62. The van der Waals surface area contributed by atoms with E-state index in [2.05, 4.69) is 9.47 Å². The second-order valence-electron chi connectivity index (χ2n) is 7.32. The van der Waals surface area contributed by atoms with Crippen molar-refractivity contribution >= 4 is 46.7 Å². The van der Waals surface area contributed by atoms with Crippen LogP contribution in [0.3, 0.4) is 0 Å². The molecular formula is C25H25NO7. The Morgan fingerprint density at radius 1 is 0.909 bits per heavy atom. The maximum absolute atomic E-state index is 13.5. The van der Waals surface area contributed by atoms with Gasteiger partial charge in [-0.2, -0.15) is 0 Å². The van der Waals surface area contributed by atoms with Crippen LogP contribution in [0.1, 0.15) is 51.6 Å². The number of hydrogen-bond donors (Lipinski definition) is 0. The Hall–Kier alpha value is -3.94. The molecule has 1 aliphatic heterocycles. The molecule has 0 saturated heterocycles. The zero-order valence-electron chi connectivity index (χ0n) is 19.0. The zero-order chi connectivity index (χ0) is 24.1. The highest BCUT2D eigenvalue weighted by molar-refractivity contribution is 6.28. The molecule has 172 valence electrons. The van der Waals surface area contributed by atoms with Gasteiger partial charge in [0.1, 0.15) is 5.75 Å². The van der Waals surface area contributed by atoms with E-state index in [1.807, 2.05) is 6.92 Å². The van der Waals surface area contributed by atoms with E-state index in [0.29, 0.717) is 34.1 Å². The van der Waals surface area contributed by atoms with Gasteiger partial charge in [0.25, 0.3) is 11.8 Å². The summed E-state index contributed by atoms with van der Waals surface area (Å²) < 4.78 is 14.9. The van der Waals surface area contributed by atoms with Crippen molar-refractivity contribution in [1.82, 2.24) is 4.90 Å². The van der Waals surface area contributed by atoms with Crippen LogP contribution in [0.25, 0.3) is 22.9 Å². The maximum atomic E-state index is 13.5. The molecule has 8 heteroatoms. The number of methoxy groups -OCH3 is 3. The van der Waals surface area contributed by atoms with Gasteiger partial charge in [-0.15, -0.1) is 0 Å². The number of hydrogen-bond acceptors (Lipinski definition) is 7. The lowest BCUT2D eigenvalue weighted by atomic mass is 9.86. The first-order valence-electron chi connectivity index (χ1n) is 10.4. The monoisotopic (exact) mass is 451 g/mol. The molecule has 0 fully saturated rings. The van der Waals surface area contributed by atoms with Gasteiger partial charge in [-0.25, -0.2) is 9.59 Å². The van der Waals surface area contributed by atoms with Crippen molar-refractivity contribution < 1.29 is 33.4 Å². The lowest BCUT2D eigenvalue weighted by Gasteiger charge is -2.30. The topological polar surface area (TPSA) is 99.2 Å². The largest absolute Gasteiger partial charge is 0.496 e. The summed E-state index contributed by atoms with van der Waals surface area (Å²) in [5, 5.41) is 0.985. The molecule has 1 heterocycles. The van der Waals surface area contributed by atoms with Gasteiger partial charge in [-0.05, 0) is 41.8 Å². The molecule has 0 atom stereocenters. The molecule has 3 rings (SSSR count). The quantitative estimate of drug-likeness (QED) is 0.343. The van der Waals surface area contributed by atoms with Crippen molar-refractivity contribution in [2.24, 2.45) is 0 Å². The normalized spacial score (nSPS) is 13.3. The fourth-order valence-electron chi connectivity index (χ4n) is 3.75. The van der Waals surface area contributed by atoms with Crippen LogP contribution in [0.4, 0.5) is 0 Å². The van der Waals surface area contributed by atoms with Crippen molar-refractivity contribution in [2.75, 3.05) is 27.9 Å². The molecule has 1 aliphatic rings. The van der Waals surface area contributed by atoms with Gasteiger partial charge < -0.3 is 14.2 Å². The van der Waals surface area contributed by atoms with E-state index in [9.17, 15) is 19.2 Å². The standard InChI is InChI=1S/C25H25NO7/c1-5-6-13-26-24(29)21-15(8-11-19(27)32-3)7-10-17-18(31-2)14-16(9-12-20(28)33-4)22(23(17)21)25(26)30/h7-12,14H,5-6,13H2,1-4H3/b11-8+,12-9+. The average Bonchev–Trinajstić information content (AvgIpc) is 2.83. The molecule has 0 saturated carbocycles. The Morgan fingerprint density at radius 3 is 2.03 bits per heavy atom. The summed E-state index contributed by atoms with van der Waals surface area (Å²) in [5.41, 5.74) is 1.44. The van der Waals surface area contributed by atoms with Crippen molar-refractivity contribution in [3.63, 3.8) is 0 Å². The Labute approximate surface area is 191 Å². The minimum absolute atomic E-state index is 0.246. The summed E-state index contributed by atoms with van der Waals surface area (Å²) in [4.78, 5) is 51.6. The highest BCUT2D eigenvalue weighted by atomic mass is 16.5. The molecule has 2 amide bonds. The van der Waals surface area contributed by atoms with Crippen LogP contribution in [-0.2, 0) is 19.1 Å². The van der Waals surface area contributed by atoms with Crippen LogP contribution < -0.4 is 4.74 Å². The lowest BCUT2D eigenvalue weighted by molar-refractivity contribution is -0.135. The first-order valence-corrected chi connectivity index (χ1v) is 10.4.